The van der Waals surface area contributed by atoms with E-state index in [1.807, 2.05) is 44.2 Å². The van der Waals surface area contributed by atoms with Gasteiger partial charge < -0.3 is 0 Å². The maximum Gasteiger partial charge on any atom is 0.153 e. The van der Waals surface area contributed by atoms with Gasteiger partial charge in [-0.2, -0.15) is 0 Å². The first kappa shape index (κ1) is 17.4. The van der Waals surface area contributed by atoms with Crippen molar-refractivity contribution in [1.29, 1.82) is 0 Å². The molecule has 1 saturated carbocycles. The van der Waals surface area contributed by atoms with E-state index in [2.05, 4.69) is 6.92 Å². The van der Waals surface area contributed by atoms with Crippen molar-refractivity contribution >= 4 is 34.5 Å². The summed E-state index contributed by atoms with van der Waals surface area (Å²) in [5.41, 5.74) is 2.53. The minimum absolute atomic E-state index is 0.0508. The molecule has 0 aliphatic heterocycles. The molecule has 3 rings (SSSR count). The van der Waals surface area contributed by atoms with E-state index in [4.69, 9.17) is 11.6 Å². The van der Waals surface area contributed by atoms with Gasteiger partial charge in [0.2, 0.25) is 0 Å². The smallest absolute Gasteiger partial charge is 0.153 e. The van der Waals surface area contributed by atoms with E-state index in [-0.39, 0.29) is 11.6 Å². The van der Waals surface area contributed by atoms with Gasteiger partial charge in [0.1, 0.15) is 11.7 Å². The molecule has 2 nitrogen and oxygen atoms in total. The molecule has 1 fully saturated rings. The fourth-order valence-corrected chi connectivity index (χ4v) is 4.40. The summed E-state index contributed by atoms with van der Waals surface area (Å²) in [6.45, 7) is 5.95. The average Bonchev–Trinajstić information content (AvgIpc) is 2.98. The van der Waals surface area contributed by atoms with Crippen LogP contribution in [0, 0.1) is 5.41 Å². The zero-order chi connectivity index (χ0) is 17.5. The molecule has 0 amide bonds. The van der Waals surface area contributed by atoms with E-state index in [0.717, 1.165) is 32.3 Å². The number of rotatable bonds is 3. The summed E-state index contributed by atoms with van der Waals surface area (Å²) in [6, 6.07) is 9.96. The highest BCUT2D eigenvalue weighted by Gasteiger charge is 2.43. The van der Waals surface area contributed by atoms with Crippen LogP contribution in [0.15, 0.2) is 30.3 Å². The molecular weight excluding hydrogens is 340 g/mol. The van der Waals surface area contributed by atoms with Crippen molar-refractivity contribution < 1.29 is 9.59 Å². The lowest BCUT2D eigenvalue weighted by Crippen LogP contribution is -2.39. The third-order valence-corrected chi connectivity index (χ3v) is 6.22. The van der Waals surface area contributed by atoms with Crippen LogP contribution in [0.4, 0.5) is 0 Å². The molecule has 4 heteroatoms. The highest BCUT2D eigenvalue weighted by Crippen LogP contribution is 2.41. The quantitative estimate of drug-likeness (QED) is 0.660. The average molecular weight is 361 g/mol. The SMILES string of the molecule is CCc1ccc(-c2ccc(Cl)s2)cc1C1C(=O)CCC(C)(C)C1=O. The molecule has 0 radical (unpaired) electrons. The molecular formula is C20H21ClO2S. The number of carbonyl (C=O) groups is 2. The van der Waals surface area contributed by atoms with E-state index >= 15 is 0 Å². The summed E-state index contributed by atoms with van der Waals surface area (Å²) >= 11 is 7.56. The zero-order valence-corrected chi connectivity index (χ0v) is 15.8. The first-order valence-electron chi connectivity index (χ1n) is 8.29. The van der Waals surface area contributed by atoms with Gasteiger partial charge >= 0.3 is 0 Å². The number of hydrogen-bond donors (Lipinski definition) is 0. The van der Waals surface area contributed by atoms with Crippen LogP contribution in [0.25, 0.3) is 10.4 Å². The van der Waals surface area contributed by atoms with Gasteiger partial charge in [0, 0.05) is 16.7 Å². The van der Waals surface area contributed by atoms with E-state index in [9.17, 15) is 9.59 Å². The van der Waals surface area contributed by atoms with Gasteiger partial charge in [-0.25, -0.2) is 0 Å². The van der Waals surface area contributed by atoms with Gasteiger partial charge in [-0.1, -0.05) is 44.5 Å². The van der Waals surface area contributed by atoms with Crippen molar-refractivity contribution in [1.82, 2.24) is 0 Å². The lowest BCUT2D eigenvalue weighted by atomic mass is 9.67. The second-order valence-electron chi connectivity index (χ2n) is 7.02. The number of thiophene rings is 1. The van der Waals surface area contributed by atoms with E-state index in [1.165, 1.54) is 11.3 Å². The molecule has 1 aliphatic rings. The number of benzene rings is 1. The standard InChI is InChI=1S/C20H21ClO2S/c1-4-12-5-6-13(16-7-8-17(21)24-16)11-14(12)18-15(22)9-10-20(2,3)19(18)23/h5-8,11,18H,4,9-10H2,1-3H3. The molecule has 1 atom stereocenters. The fraction of sp³-hybridized carbons (Fsp3) is 0.400. The molecule has 1 aromatic carbocycles. The number of Topliss-reactive ketones (excluding diaryl/α,β-unsaturated/α-hetero) is 2. The third-order valence-electron chi connectivity index (χ3n) is 4.94. The van der Waals surface area contributed by atoms with Gasteiger partial charge in [-0.3, -0.25) is 9.59 Å². The lowest BCUT2D eigenvalue weighted by Gasteiger charge is -2.33. The Hall–Kier alpha value is -1.45. The van der Waals surface area contributed by atoms with Crippen molar-refractivity contribution in [3.05, 3.63) is 45.8 Å². The van der Waals surface area contributed by atoms with Crippen LogP contribution in [-0.2, 0) is 16.0 Å². The summed E-state index contributed by atoms with van der Waals surface area (Å²) in [7, 11) is 0. The van der Waals surface area contributed by atoms with Gasteiger partial charge in [0.25, 0.3) is 0 Å². The second-order valence-corrected chi connectivity index (χ2v) is 8.73. The Morgan fingerprint density at radius 2 is 1.96 bits per heavy atom. The lowest BCUT2D eigenvalue weighted by molar-refractivity contribution is -0.139. The number of halogens is 1. The van der Waals surface area contributed by atoms with Gasteiger partial charge in [0.15, 0.2) is 5.78 Å². The Morgan fingerprint density at radius 3 is 2.58 bits per heavy atom. The normalized spacial score (nSPS) is 20.4. The molecule has 1 heterocycles. The number of carbonyl (C=O) groups excluding carboxylic acids is 2. The first-order valence-corrected chi connectivity index (χ1v) is 9.48. The summed E-state index contributed by atoms with van der Waals surface area (Å²) in [5.74, 6) is -0.524. The van der Waals surface area contributed by atoms with Crippen LogP contribution in [0.2, 0.25) is 4.34 Å². The number of aryl methyl sites for hydroxylation is 1. The van der Waals surface area contributed by atoms with Crippen molar-refractivity contribution in [3.63, 3.8) is 0 Å². The van der Waals surface area contributed by atoms with Gasteiger partial charge in [-0.15, -0.1) is 11.3 Å². The highest BCUT2D eigenvalue weighted by atomic mass is 35.5. The predicted molar refractivity (Wildman–Crippen MR) is 99.9 cm³/mol. The largest absolute Gasteiger partial charge is 0.299 e. The summed E-state index contributed by atoms with van der Waals surface area (Å²) in [5, 5.41) is 0. The maximum atomic E-state index is 12.9. The maximum absolute atomic E-state index is 12.9. The Labute approximate surface area is 151 Å². The molecule has 0 saturated heterocycles. The van der Waals surface area contributed by atoms with Crippen LogP contribution in [0.5, 0.6) is 0 Å². The van der Waals surface area contributed by atoms with E-state index in [1.54, 1.807) is 0 Å². The Bertz CT molecular complexity index is 804. The molecule has 2 aromatic rings. The molecule has 1 unspecified atom stereocenters. The Morgan fingerprint density at radius 1 is 1.21 bits per heavy atom. The summed E-state index contributed by atoms with van der Waals surface area (Å²) < 4.78 is 0.733. The molecule has 0 N–H and O–H groups in total. The zero-order valence-electron chi connectivity index (χ0n) is 14.2. The van der Waals surface area contributed by atoms with Crippen molar-refractivity contribution in [2.24, 2.45) is 5.41 Å². The molecule has 1 aromatic heterocycles. The number of ketones is 2. The molecule has 0 spiro atoms. The highest BCUT2D eigenvalue weighted by molar-refractivity contribution is 7.19. The van der Waals surface area contributed by atoms with Crippen LogP contribution in [0.3, 0.4) is 0 Å². The third kappa shape index (κ3) is 3.07. The summed E-state index contributed by atoms with van der Waals surface area (Å²) in [6.07, 6.45) is 1.92. The van der Waals surface area contributed by atoms with Crippen LogP contribution in [-0.4, -0.2) is 11.6 Å². The van der Waals surface area contributed by atoms with Gasteiger partial charge in [0.05, 0.1) is 4.34 Å². The topological polar surface area (TPSA) is 34.1 Å². The Kier molecular flexibility index (Phi) is 4.67. The predicted octanol–water partition coefficient (Wildman–Crippen LogP) is 5.67. The van der Waals surface area contributed by atoms with Crippen LogP contribution in [0.1, 0.15) is 50.7 Å². The molecule has 1 aliphatic carbocycles. The monoisotopic (exact) mass is 360 g/mol. The first-order chi connectivity index (χ1) is 11.3. The minimum atomic E-state index is -0.626. The minimum Gasteiger partial charge on any atom is -0.299 e. The van der Waals surface area contributed by atoms with E-state index < -0.39 is 11.3 Å². The molecule has 24 heavy (non-hydrogen) atoms. The van der Waals surface area contributed by atoms with E-state index in [0.29, 0.717) is 12.8 Å². The van der Waals surface area contributed by atoms with Crippen molar-refractivity contribution in [3.8, 4) is 10.4 Å². The fourth-order valence-electron chi connectivity index (χ4n) is 3.36. The van der Waals surface area contributed by atoms with Crippen LogP contribution >= 0.6 is 22.9 Å². The Balaban J connectivity index is 2.11. The molecule has 0 bridgehead atoms. The number of hydrogen-bond acceptors (Lipinski definition) is 3. The van der Waals surface area contributed by atoms with Crippen molar-refractivity contribution in [2.45, 2.75) is 46.0 Å². The second kappa shape index (κ2) is 6.45. The van der Waals surface area contributed by atoms with Gasteiger partial charge in [-0.05, 0) is 47.7 Å². The van der Waals surface area contributed by atoms with Crippen LogP contribution < -0.4 is 0 Å². The van der Waals surface area contributed by atoms with Crippen molar-refractivity contribution in [2.75, 3.05) is 0 Å². The molecule has 126 valence electrons. The summed E-state index contributed by atoms with van der Waals surface area (Å²) in [4.78, 5) is 26.6.